The van der Waals surface area contributed by atoms with Gasteiger partial charge in [0.1, 0.15) is 23.3 Å². The molecule has 0 bridgehead atoms. The molecule has 5 heteroatoms. The van der Waals surface area contributed by atoms with Crippen LogP contribution in [0.25, 0.3) is 0 Å². The topological polar surface area (TPSA) is 35.0 Å². The van der Waals surface area contributed by atoms with Gasteiger partial charge in [-0.25, -0.2) is 9.97 Å². The monoisotopic (exact) mass is 366 g/mol. The summed E-state index contributed by atoms with van der Waals surface area (Å²) in [7, 11) is 0. The van der Waals surface area contributed by atoms with Gasteiger partial charge in [0.15, 0.2) is 0 Å². The van der Waals surface area contributed by atoms with E-state index in [9.17, 15) is 0 Å². The molecule has 0 amide bonds. The first-order valence-corrected chi connectivity index (χ1v) is 8.00. The van der Waals surface area contributed by atoms with E-state index in [1.807, 2.05) is 18.2 Å². The molecular weight excluding hydrogens is 352 g/mol. The maximum atomic E-state index is 6.29. The Bertz CT molecular complexity index is 697. The number of halogens is 2. The number of fused-ring (bicyclic) bond motifs is 1. The van der Waals surface area contributed by atoms with E-state index in [0.717, 1.165) is 27.3 Å². The maximum absolute atomic E-state index is 6.29. The molecule has 1 aliphatic rings. The molecule has 1 aromatic heterocycles. The Kier molecular flexibility index (Phi) is 3.70. The second-order valence-electron chi connectivity index (χ2n) is 6.19. The van der Waals surface area contributed by atoms with Crippen LogP contribution < -0.4 is 4.74 Å². The molecular formula is C16H16BrClN2O. The van der Waals surface area contributed by atoms with Crippen LogP contribution >= 0.6 is 27.5 Å². The van der Waals surface area contributed by atoms with Crippen LogP contribution in [0.3, 0.4) is 0 Å². The Morgan fingerprint density at radius 1 is 1.24 bits per heavy atom. The quantitative estimate of drug-likeness (QED) is 0.684. The van der Waals surface area contributed by atoms with Crippen LogP contribution in [0.15, 0.2) is 28.7 Å². The first-order chi connectivity index (χ1) is 9.88. The van der Waals surface area contributed by atoms with Gasteiger partial charge in [0, 0.05) is 11.0 Å². The van der Waals surface area contributed by atoms with E-state index in [2.05, 4.69) is 47.8 Å². The first kappa shape index (κ1) is 14.8. The Morgan fingerprint density at radius 2 is 1.95 bits per heavy atom. The van der Waals surface area contributed by atoms with Gasteiger partial charge in [0.2, 0.25) is 0 Å². The molecule has 2 aromatic rings. The molecule has 0 saturated carbocycles. The minimum absolute atomic E-state index is 0.0351. The Morgan fingerprint density at radius 3 is 2.67 bits per heavy atom. The lowest BCUT2D eigenvalue weighted by molar-refractivity contribution is 0.339. The van der Waals surface area contributed by atoms with Gasteiger partial charge in [0.25, 0.3) is 0 Å². The van der Waals surface area contributed by atoms with E-state index < -0.39 is 0 Å². The van der Waals surface area contributed by atoms with Crippen molar-refractivity contribution in [3.63, 3.8) is 0 Å². The molecule has 110 valence electrons. The van der Waals surface area contributed by atoms with Gasteiger partial charge >= 0.3 is 0 Å². The number of hydrogen-bond donors (Lipinski definition) is 0. The summed E-state index contributed by atoms with van der Waals surface area (Å²) in [6.07, 6.45) is 0. The van der Waals surface area contributed by atoms with Crippen LogP contribution in [0, 0.1) is 0 Å². The number of nitrogens with zero attached hydrogens (tertiary/aromatic N) is 2. The van der Waals surface area contributed by atoms with Gasteiger partial charge in [-0.1, -0.05) is 50.6 Å². The number of rotatable bonds is 1. The fourth-order valence-electron chi connectivity index (χ4n) is 2.47. The van der Waals surface area contributed by atoms with Gasteiger partial charge in [-0.15, -0.1) is 0 Å². The summed E-state index contributed by atoms with van der Waals surface area (Å²) >= 11 is 9.79. The number of para-hydroxylation sites is 1. The van der Waals surface area contributed by atoms with Crippen molar-refractivity contribution in [2.45, 2.75) is 32.1 Å². The predicted molar refractivity (Wildman–Crippen MR) is 87.2 cm³/mol. The van der Waals surface area contributed by atoms with E-state index in [1.165, 1.54) is 0 Å². The zero-order valence-corrected chi connectivity index (χ0v) is 14.5. The van der Waals surface area contributed by atoms with Crippen molar-refractivity contribution in [3.8, 4) is 5.75 Å². The highest BCUT2D eigenvalue weighted by molar-refractivity contribution is 9.10. The highest BCUT2D eigenvalue weighted by Crippen LogP contribution is 2.39. The van der Waals surface area contributed by atoms with Gasteiger partial charge in [-0.05, 0) is 22.0 Å². The summed E-state index contributed by atoms with van der Waals surface area (Å²) < 4.78 is 6.50. The smallest absolute Gasteiger partial charge is 0.147 e. The van der Waals surface area contributed by atoms with Gasteiger partial charge in [-0.3, -0.25) is 0 Å². The average Bonchev–Trinajstić information content (AvgIpc) is 2.84. The van der Waals surface area contributed by atoms with E-state index >= 15 is 0 Å². The Hall–Kier alpha value is -1.13. The van der Waals surface area contributed by atoms with Gasteiger partial charge < -0.3 is 4.74 Å². The second-order valence-corrected chi connectivity index (χ2v) is 7.34. The summed E-state index contributed by atoms with van der Waals surface area (Å²) in [6, 6.07) is 8.01. The van der Waals surface area contributed by atoms with Crippen LogP contribution in [0.2, 0.25) is 5.15 Å². The number of ether oxygens (including phenoxy) is 1. The van der Waals surface area contributed by atoms with Crippen LogP contribution in [0.1, 0.15) is 43.8 Å². The van der Waals surface area contributed by atoms with Crippen molar-refractivity contribution in [2.75, 3.05) is 6.61 Å². The first-order valence-electron chi connectivity index (χ1n) is 6.83. The molecule has 0 saturated heterocycles. The van der Waals surface area contributed by atoms with Gasteiger partial charge in [-0.2, -0.15) is 0 Å². The Labute approximate surface area is 137 Å². The highest BCUT2D eigenvalue weighted by Gasteiger charge is 2.30. The molecule has 2 heterocycles. The zero-order chi connectivity index (χ0) is 15.2. The van der Waals surface area contributed by atoms with Crippen molar-refractivity contribution < 1.29 is 4.74 Å². The Balaban J connectivity index is 2.11. The normalized spacial score (nSPS) is 17.5. The molecule has 0 N–H and O–H groups in total. The molecule has 0 spiro atoms. The summed E-state index contributed by atoms with van der Waals surface area (Å²) in [5.41, 5.74) is 1.93. The summed E-state index contributed by atoms with van der Waals surface area (Å²) in [4.78, 5) is 9.22. The third kappa shape index (κ3) is 2.67. The van der Waals surface area contributed by atoms with E-state index in [4.69, 9.17) is 21.3 Å². The van der Waals surface area contributed by atoms with Crippen LogP contribution in [-0.2, 0) is 5.41 Å². The summed E-state index contributed by atoms with van der Waals surface area (Å²) in [5, 5.41) is 0.453. The predicted octanol–water partition coefficient (Wildman–Crippen LogP) is 4.71. The summed E-state index contributed by atoms with van der Waals surface area (Å²) in [5.74, 6) is 1.66. The third-order valence-electron chi connectivity index (χ3n) is 3.55. The minimum atomic E-state index is -0.112. The highest BCUT2D eigenvalue weighted by atomic mass is 79.9. The van der Waals surface area contributed by atoms with Gasteiger partial charge in [0.05, 0.1) is 16.1 Å². The molecule has 3 nitrogen and oxygen atoms in total. The third-order valence-corrected chi connectivity index (χ3v) is 4.80. The summed E-state index contributed by atoms with van der Waals surface area (Å²) in [6.45, 7) is 6.89. The van der Waals surface area contributed by atoms with E-state index in [1.54, 1.807) is 0 Å². The molecule has 0 fully saturated rings. The van der Waals surface area contributed by atoms with Crippen LogP contribution in [0.4, 0.5) is 0 Å². The van der Waals surface area contributed by atoms with Crippen molar-refractivity contribution in [1.29, 1.82) is 0 Å². The average molecular weight is 368 g/mol. The lowest BCUT2D eigenvalue weighted by atomic mass is 9.91. The van der Waals surface area contributed by atoms with Crippen molar-refractivity contribution in [1.82, 2.24) is 9.97 Å². The second kappa shape index (κ2) is 5.25. The fourth-order valence-corrected chi connectivity index (χ4v) is 3.41. The van der Waals surface area contributed by atoms with Crippen LogP contribution in [0.5, 0.6) is 5.75 Å². The molecule has 1 atom stereocenters. The van der Waals surface area contributed by atoms with Crippen molar-refractivity contribution >= 4 is 27.5 Å². The zero-order valence-electron chi connectivity index (χ0n) is 12.2. The molecule has 21 heavy (non-hydrogen) atoms. The SMILES string of the molecule is CC(C)(C)c1nc(C2COc3ccccc32)nc(Cl)c1Br. The molecule has 3 rings (SSSR count). The van der Waals surface area contributed by atoms with Crippen LogP contribution in [-0.4, -0.2) is 16.6 Å². The van der Waals surface area contributed by atoms with Crippen molar-refractivity contribution in [2.24, 2.45) is 0 Å². The lowest BCUT2D eigenvalue weighted by Gasteiger charge is -2.21. The van der Waals surface area contributed by atoms with Crippen molar-refractivity contribution in [3.05, 3.63) is 51.0 Å². The molecule has 1 unspecified atom stereocenters. The lowest BCUT2D eigenvalue weighted by Crippen LogP contribution is -2.19. The maximum Gasteiger partial charge on any atom is 0.147 e. The standard InChI is InChI=1S/C16H16BrClN2O/c1-16(2,3)13-12(17)14(18)20-15(19-13)10-8-21-11-7-5-4-6-9(10)11/h4-7,10H,8H2,1-3H3. The largest absolute Gasteiger partial charge is 0.492 e. The fraction of sp³-hybridized carbons (Fsp3) is 0.375. The number of aromatic nitrogens is 2. The molecule has 1 aliphatic heterocycles. The van der Waals surface area contributed by atoms with E-state index in [0.29, 0.717) is 11.8 Å². The molecule has 0 radical (unpaired) electrons. The molecule has 0 aliphatic carbocycles. The number of hydrogen-bond acceptors (Lipinski definition) is 3. The number of benzene rings is 1. The molecule has 1 aromatic carbocycles. The minimum Gasteiger partial charge on any atom is -0.492 e. The van der Waals surface area contributed by atoms with E-state index in [-0.39, 0.29) is 11.3 Å².